The highest BCUT2D eigenvalue weighted by Crippen LogP contribution is 2.21. The Morgan fingerprint density at radius 3 is 2.64 bits per heavy atom. The number of fused-ring (bicyclic) bond motifs is 1. The van der Waals surface area contributed by atoms with Crippen molar-refractivity contribution in [2.75, 3.05) is 11.4 Å². The quantitative estimate of drug-likeness (QED) is 0.699. The largest absolute Gasteiger partial charge is 0.348 e. The van der Waals surface area contributed by atoms with Crippen LogP contribution in [0.15, 0.2) is 60.8 Å². The van der Waals surface area contributed by atoms with Crippen LogP contribution in [0.4, 0.5) is 5.69 Å². The number of nitrogens with zero attached hydrogens (tertiary/aromatic N) is 3. The first-order valence-electron chi connectivity index (χ1n) is 9.26. The number of para-hydroxylation sites is 2. The van der Waals surface area contributed by atoms with Crippen LogP contribution in [0.1, 0.15) is 24.1 Å². The van der Waals surface area contributed by atoms with Crippen molar-refractivity contribution >= 4 is 34.6 Å². The lowest BCUT2D eigenvalue weighted by Crippen LogP contribution is -2.23. The molecule has 0 spiro atoms. The molecule has 1 saturated heterocycles. The molecule has 0 radical (unpaired) electrons. The minimum Gasteiger partial charge on any atom is -0.348 e. The van der Waals surface area contributed by atoms with E-state index >= 15 is 0 Å². The molecule has 2 amide bonds. The van der Waals surface area contributed by atoms with Gasteiger partial charge in [0.05, 0.1) is 22.9 Å². The van der Waals surface area contributed by atoms with E-state index in [0.717, 1.165) is 35.2 Å². The van der Waals surface area contributed by atoms with Crippen LogP contribution in [-0.2, 0) is 16.1 Å². The Morgan fingerprint density at radius 1 is 1.11 bits per heavy atom. The van der Waals surface area contributed by atoms with Crippen molar-refractivity contribution in [2.24, 2.45) is 0 Å². The van der Waals surface area contributed by atoms with Gasteiger partial charge >= 0.3 is 0 Å². The van der Waals surface area contributed by atoms with E-state index in [9.17, 15) is 9.59 Å². The van der Waals surface area contributed by atoms with Crippen molar-refractivity contribution in [2.45, 2.75) is 19.4 Å². The van der Waals surface area contributed by atoms with Gasteiger partial charge in [0.1, 0.15) is 0 Å². The summed E-state index contributed by atoms with van der Waals surface area (Å²) in [6, 6.07) is 15.3. The molecule has 0 saturated carbocycles. The van der Waals surface area contributed by atoms with Gasteiger partial charge in [-0.3, -0.25) is 14.6 Å². The number of carbonyl (C=O) groups excluding carboxylic acids is 2. The second-order valence-electron chi connectivity index (χ2n) is 6.65. The summed E-state index contributed by atoms with van der Waals surface area (Å²) >= 11 is 0. The molecule has 3 aromatic rings. The first-order chi connectivity index (χ1) is 13.7. The third-order valence-corrected chi connectivity index (χ3v) is 4.66. The minimum atomic E-state index is -0.200. The number of rotatable bonds is 5. The molecular formula is C22H20N4O2. The Kier molecular flexibility index (Phi) is 5.10. The fraction of sp³-hybridized carbons (Fsp3) is 0.182. The molecule has 0 aliphatic carbocycles. The predicted octanol–water partition coefficient (Wildman–Crippen LogP) is 3.09. The normalized spacial score (nSPS) is 14.1. The summed E-state index contributed by atoms with van der Waals surface area (Å²) in [5.74, 6) is -0.0308. The summed E-state index contributed by atoms with van der Waals surface area (Å²) in [7, 11) is 0. The zero-order chi connectivity index (χ0) is 19.3. The second kappa shape index (κ2) is 8.00. The number of hydrogen-bond acceptors (Lipinski definition) is 4. The van der Waals surface area contributed by atoms with Gasteiger partial charge in [-0.25, -0.2) is 4.98 Å². The average molecular weight is 372 g/mol. The first-order valence-corrected chi connectivity index (χ1v) is 9.26. The van der Waals surface area contributed by atoms with E-state index in [1.807, 2.05) is 48.5 Å². The van der Waals surface area contributed by atoms with Gasteiger partial charge in [0.15, 0.2) is 0 Å². The van der Waals surface area contributed by atoms with Crippen molar-refractivity contribution in [1.29, 1.82) is 0 Å². The van der Waals surface area contributed by atoms with Crippen LogP contribution in [0, 0.1) is 0 Å². The van der Waals surface area contributed by atoms with Gasteiger partial charge in [0.2, 0.25) is 11.8 Å². The van der Waals surface area contributed by atoms with E-state index < -0.39 is 0 Å². The third kappa shape index (κ3) is 4.06. The lowest BCUT2D eigenvalue weighted by atomic mass is 10.2. The molecule has 4 rings (SSSR count). The molecule has 1 aromatic heterocycles. The van der Waals surface area contributed by atoms with Gasteiger partial charge in [-0.15, -0.1) is 0 Å². The van der Waals surface area contributed by atoms with Crippen molar-refractivity contribution in [3.8, 4) is 0 Å². The van der Waals surface area contributed by atoms with Gasteiger partial charge in [-0.1, -0.05) is 24.3 Å². The molecule has 1 N–H and O–H groups in total. The molecule has 2 aromatic carbocycles. The van der Waals surface area contributed by atoms with Gasteiger partial charge < -0.3 is 10.2 Å². The zero-order valence-corrected chi connectivity index (χ0v) is 15.3. The van der Waals surface area contributed by atoms with Crippen molar-refractivity contribution < 1.29 is 9.59 Å². The summed E-state index contributed by atoms with van der Waals surface area (Å²) in [5, 5.41) is 2.85. The second-order valence-corrected chi connectivity index (χ2v) is 6.65. The van der Waals surface area contributed by atoms with Gasteiger partial charge in [0, 0.05) is 31.3 Å². The Bertz CT molecular complexity index is 1040. The molecular weight excluding hydrogens is 352 g/mol. The molecule has 0 bridgehead atoms. The Morgan fingerprint density at radius 2 is 1.89 bits per heavy atom. The SMILES string of the molecule is O=C(/C=C/c1cnc2ccccc2n1)NCc1ccc(N2CCCC2=O)cc1. The Balaban J connectivity index is 1.33. The zero-order valence-electron chi connectivity index (χ0n) is 15.3. The number of nitrogens with one attached hydrogen (secondary N) is 1. The van der Waals surface area contributed by atoms with E-state index in [1.165, 1.54) is 6.08 Å². The highest BCUT2D eigenvalue weighted by Gasteiger charge is 2.21. The van der Waals surface area contributed by atoms with Crippen molar-refractivity contribution in [3.05, 3.63) is 72.1 Å². The maximum absolute atomic E-state index is 12.1. The highest BCUT2D eigenvalue weighted by atomic mass is 16.2. The molecule has 1 aliphatic heterocycles. The molecule has 6 nitrogen and oxygen atoms in total. The van der Waals surface area contributed by atoms with E-state index in [0.29, 0.717) is 18.7 Å². The number of anilines is 1. The fourth-order valence-corrected chi connectivity index (χ4v) is 3.18. The molecule has 2 heterocycles. The topological polar surface area (TPSA) is 75.2 Å². The number of hydrogen-bond donors (Lipinski definition) is 1. The first kappa shape index (κ1) is 17.9. The fourth-order valence-electron chi connectivity index (χ4n) is 3.18. The Hall–Kier alpha value is -3.54. The number of aromatic nitrogens is 2. The molecule has 1 fully saturated rings. The smallest absolute Gasteiger partial charge is 0.244 e. The minimum absolute atomic E-state index is 0.169. The number of carbonyl (C=O) groups is 2. The van der Waals surface area contributed by atoms with Crippen LogP contribution < -0.4 is 10.2 Å². The maximum atomic E-state index is 12.1. The van der Waals surface area contributed by atoms with Crippen LogP contribution >= 0.6 is 0 Å². The summed E-state index contributed by atoms with van der Waals surface area (Å²) in [6.45, 7) is 1.19. The van der Waals surface area contributed by atoms with Gasteiger partial charge in [0.25, 0.3) is 0 Å². The molecule has 28 heavy (non-hydrogen) atoms. The molecule has 6 heteroatoms. The van der Waals surface area contributed by atoms with Crippen molar-refractivity contribution in [3.63, 3.8) is 0 Å². The predicted molar refractivity (Wildman–Crippen MR) is 108 cm³/mol. The lowest BCUT2D eigenvalue weighted by molar-refractivity contribution is -0.117. The van der Waals surface area contributed by atoms with E-state index in [4.69, 9.17) is 0 Å². The lowest BCUT2D eigenvalue weighted by Gasteiger charge is -2.15. The number of benzene rings is 2. The van der Waals surface area contributed by atoms with E-state index in [2.05, 4.69) is 15.3 Å². The third-order valence-electron chi connectivity index (χ3n) is 4.66. The maximum Gasteiger partial charge on any atom is 0.244 e. The Labute approximate surface area is 162 Å². The van der Waals surface area contributed by atoms with E-state index in [1.54, 1.807) is 17.2 Å². The van der Waals surface area contributed by atoms with Crippen LogP contribution in [-0.4, -0.2) is 28.3 Å². The van der Waals surface area contributed by atoms with Crippen LogP contribution in [0.25, 0.3) is 17.1 Å². The van der Waals surface area contributed by atoms with Gasteiger partial charge in [-0.2, -0.15) is 0 Å². The molecule has 0 unspecified atom stereocenters. The van der Waals surface area contributed by atoms with E-state index in [-0.39, 0.29) is 11.8 Å². The monoisotopic (exact) mass is 372 g/mol. The summed E-state index contributed by atoms with van der Waals surface area (Å²) in [5.41, 5.74) is 4.13. The summed E-state index contributed by atoms with van der Waals surface area (Å²) in [6.07, 6.45) is 6.27. The summed E-state index contributed by atoms with van der Waals surface area (Å²) < 4.78 is 0. The van der Waals surface area contributed by atoms with Crippen LogP contribution in [0.5, 0.6) is 0 Å². The van der Waals surface area contributed by atoms with Crippen LogP contribution in [0.2, 0.25) is 0 Å². The van der Waals surface area contributed by atoms with Crippen LogP contribution in [0.3, 0.4) is 0 Å². The highest BCUT2D eigenvalue weighted by molar-refractivity contribution is 5.95. The molecule has 140 valence electrons. The molecule has 1 aliphatic rings. The molecule has 0 atom stereocenters. The summed E-state index contributed by atoms with van der Waals surface area (Å²) in [4.78, 5) is 34.4. The number of amides is 2. The standard InChI is InChI=1S/C22H20N4O2/c27-21(12-9-17-15-23-19-4-1-2-5-20(19)25-17)24-14-16-7-10-18(11-8-16)26-13-3-6-22(26)28/h1-2,4-5,7-12,15H,3,6,13-14H2,(H,24,27)/b12-9+. The van der Waals surface area contributed by atoms with Crippen molar-refractivity contribution in [1.82, 2.24) is 15.3 Å². The average Bonchev–Trinajstić information content (AvgIpc) is 3.17. The van der Waals surface area contributed by atoms with Gasteiger partial charge in [-0.05, 0) is 42.3 Å².